The van der Waals surface area contributed by atoms with Crippen LogP contribution in [-0.4, -0.2) is 30.5 Å². The number of nitrogens with zero attached hydrogens (tertiary/aromatic N) is 5. The van der Waals surface area contributed by atoms with Gasteiger partial charge in [0, 0.05) is 31.0 Å². The number of aryl methyl sites for hydroxylation is 2. The van der Waals surface area contributed by atoms with Crippen molar-refractivity contribution in [3.8, 4) is 0 Å². The van der Waals surface area contributed by atoms with E-state index in [4.69, 9.17) is 0 Å². The monoisotopic (exact) mass is 363 g/mol. The minimum Gasteiger partial charge on any atom is -0.348 e. The molecular weight excluding hydrogens is 342 g/mol. The number of hydrogen-bond acceptors (Lipinski definition) is 5. The van der Waals surface area contributed by atoms with Crippen LogP contribution < -0.4 is 10.6 Å². The predicted octanol–water partition coefficient (Wildman–Crippen LogP) is 1.93. The Hall–Kier alpha value is -3.42. The first kappa shape index (κ1) is 17.0. The Morgan fingerprint density at radius 3 is 2.74 bits per heavy atom. The Morgan fingerprint density at radius 1 is 1.26 bits per heavy atom. The molecule has 0 spiro atoms. The molecule has 1 atom stereocenters. The Labute approximate surface area is 156 Å². The first-order valence-electron chi connectivity index (χ1n) is 8.74. The van der Waals surface area contributed by atoms with E-state index in [1.54, 1.807) is 9.36 Å². The number of carbonyl (C=O) groups is 1. The third kappa shape index (κ3) is 3.10. The van der Waals surface area contributed by atoms with E-state index in [9.17, 15) is 4.79 Å². The molecule has 3 heterocycles. The van der Waals surface area contributed by atoms with Gasteiger partial charge in [0.1, 0.15) is 12.4 Å². The topological polar surface area (TPSA) is 89.7 Å². The van der Waals surface area contributed by atoms with Gasteiger partial charge in [-0.05, 0) is 19.4 Å². The van der Waals surface area contributed by atoms with Gasteiger partial charge in [0.05, 0.1) is 11.3 Å². The van der Waals surface area contributed by atoms with Crippen LogP contribution in [0, 0.1) is 6.92 Å². The van der Waals surface area contributed by atoms with Gasteiger partial charge in [-0.3, -0.25) is 9.48 Å². The van der Waals surface area contributed by atoms with Crippen LogP contribution in [0.25, 0.3) is 0 Å². The van der Waals surface area contributed by atoms with Crippen LogP contribution in [-0.2, 0) is 18.4 Å². The smallest absolute Gasteiger partial charge is 0.251 e. The van der Waals surface area contributed by atoms with Crippen molar-refractivity contribution in [1.29, 1.82) is 0 Å². The van der Waals surface area contributed by atoms with Crippen LogP contribution in [0.3, 0.4) is 0 Å². The van der Waals surface area contributed by atoms with E-state index in [-0.39, 0.29) is 11.9 Å². The fraction of sp³-hybridized carbons (Fsp3) is 0.263. The summed E-state index contributed by atoms with van der Waals surface area (Å²) in [6.45, 7) is 4.27. The van der Waals surface area contributed by atoms with E-state index < -0.39 is 0 Å². The van der Waals surface area contributed by atoms with Crippen LogP contribution >= 0.6 is 0 Å². The summed E-state index contributed by atoms with van der Waals surface area (Å²) in [4.78, 5) is 17.4. The van der Waals surface area contributed by atoms with Crippen LogP contribution in [0.5, 0.6) is 0 Å². The van der Waals surface area contributed by atoms with Crippen LogP contribution in [0.15, 0.2) is 54.1 Å². The number of allylic oxidation sites excluding steroid dienone is 1. The summed E-state index contributed by atoms with van der Waals surface area (Å²) in [5, 5.41) is 15.0. The maximum Gasteiger partial charge on any atom is 0.251 e. The van der Waals surface area contributed by atoms with Crippen LogP contribution in [0.2, 0.25) is 0 Å². The molecule has 0 aliphatic carbocycles. The molecule has 27 heavy (non-hydrogen) atoms. The summed E-state index contributed by atoms with van der Waals surface area (Å²) in [6.07, 6.45) is 3.41. The number of benzene rings is 1. The van der Waals surface area contributed by atoms with Gasteiger partial charge in [0.2, 0.25) is 5.95 Å². The van der Waals surface area contributed by atoms with Crippen molar-refractivity contribution in [1.82, 2.24) is 29.9 Å². The Bertz CT molecular complexity index is 1020. The first-order valence-corrected chi connectivity index (χ1v) is 8.74. The Balaban J connectivity index is 1.70. The van der Waals surface area contributed by atoms with Crippen molar-refractivity contribution in [2.75, 3.05) is 5.32 Å². The predicted molar refractivity (Wildman–Crippen MR) is 101 cm³/mol. The van der Waals surface area contributed by atoms with E-state index in [1.807, 2.05) is 57.4 Å². The molecule has 2 N–H and O–H groups in total. The molecule has 1 amide bonds. The molecule has 1 aliphatic rings. The SMILES string of the molecule is CC1=C(C(=O)NCc2ccccc2)[C@@H](c2cn(C)nc2C)n2ncnc2N1. The zero-order valence-electron chi connectivity index (χ0n) is 15.5. The average Bonchev–Trinajstić information content (AvgIpc) is 3.25. The van der Waals surface area contributed by atoms with Gasteiger partial charge in [-0.2, -0.15) is 15.2 Å². The molecule has 8 heteroatoms. The molecule has 4 rings (SSSR count). The standard InChI is InChI=1S/C19H21N7O/c1-12-15(10-25(3)24-12)17-16(13(2)23-19-21-11-22-26(17)19)18(27)20-9-14-7-5-4-6-8-14/h4-8,10-11,17H,9H2,1-3H3,(H,20,27)(H,21,22,23)/t17-/m1/s1. The Kier molecular flexibility index (Phi) is 4.23. The molecule has 8 nitrogen and oxygen atoms in total. The number of anilines is 1. The number of carbonyl (C=O) groups excluding carboxylic acids is 1. The molecule has 138 valence electrons. The van der Waals surface area contributed by atoms with Gasteiger partial charge in [-0.1, -0.05) is 30.3 Å². The van der Waals surface area contributed by atoms with Gasteiger partial charge in [-0.15, -0.1) is 0 Å². The van der Waals surface area contributed by atoms with Crippen LogP contribution in [0.1, 0.15) is 29.8 Å². The highest BCUT2D eigenvalue weighted by Crippen LogP contribution is 2.35. The van der Waals surface area contributed by atoms with E-state index in [2.05, 4.69) is 25.8 Å². The zero-order valence-corrected chi connectivity index (χ0v) is 15.5. The highest BCUT2D eigenvalue weighted by molar-refractivity contribution is 5.96. The largest absolute Gasteiger partial charge is 0.348 e. The van der Waals surface area contributed by atoms with E-state index >= 15 is 0 Å². The maximum atomic E-state index is 13.1. The van der Waals surface area contributed by atoms with Crippen molar-refractivity contribution in [3.63, 3.8) is 0 Å². The first-order chi connectivity index (χ1) is 13.0. The number of aromatic nitrogens is 5. The van der Waals surface area contributed by atoms with Crippen molar-refractivity contribution < 1.29 is 4.79 Å². The van der Waals surface area contributed by atoms with E-state index in [0.717, 1.165) is 22.5 Å². The number of nitrogens with one attached hydrogen (secondary N) is 2. The average molecular weight is 363 g/mol. The lowest BCUT2D eigenvalue weighted by Crippen LogP contribution is -2.35. The van der Waals surface area contributed by atoms with Crippen molar-refractivity contribution in [2.24, 2.45) is 7.05 Å². The van der Waals surface area contributed by atoms with Crippen molar-refractivity contribution >= 4 is 11.9 Å². The molecule has 2 aromatic heterocycles. The second kappa shape index (κ2) is 6.71. The van der Waals surface area contributed by atoms with E-state index in [1.165, 1.54) is 6.33 Å². The fourth-order valence-corrected chi connectivity index (χ4v) is 3.43. The second-order valence-corrected chi connectivity index (χ2v) is 6.61. The van der Waals surface area contributed by atoms with Gasteiger partial charge in [0.25, 0.3) is 5.91 Å². The zero-order chi connectivity index (χ0) is 19.0. The highest BCUT2D eigenvalue weighted by atomic mass is 16.1. The molecule has 0 radical (unpaired) electrons. The minimum atomic E-state index is -0.381. The van der Waals surface area contributed by atoms with Gasteiger partial charge >= 0.3 is 0 Å². The molecule has 1 aromatic carbocycles. The molecule has 3 aromatic rings. The molecular formula is C19H21N7O. The van der Waals surface area contributed by atoms with Crippen molar-refractivity contribution in [2.45, 2.75) is 26.4 Å². The van der Waals surface area contributed by atoms with Gasteiger partial charge in [0.15, 0.2) is 0 Å². The summed E-state index contributed by atoms with van der Waals surface area (Å²) < 4.78 is 3.48. The third-order valence-corrected chi connectivity index (χ3v) is 4.68. The summed E-state index contributed by atoms with van der Waals surface area (Å²) in [7, 11) is 1.87. The molecule has 0 bridgehead atoms. The molecule has 0 saturated heterocycles. The minimum absolute atomic E-state index is 0.141. The third-order valence-electron chi connectivity index (χ3n) is 4.68. The van der Waals surface area contributed by atoms with Crippen LogP contribution in [0.4, 0.5) is 5.95 Å². The van der Waals surface area contributed by atoms with E-state index in [0.29, 0.717) is 18.1 Å². The summed E-state index contributed by atoms with van der Waals surface area (Å²) in [5.74, 6) is 0.471. The maximum absolute atomic E-state index is 13.1. The summed E-state index contributed by atoms with van der Waals surface area (Å²) in [6, 6.07) is 9.46. The van der Waals surface area contributed by atoms with Gasteiger partial charge < -0.3 is 10.6 Å². The lowest BCUT2D eigenvalue weighted by molar-refractivity contribution is -0.118. The Morgan fingerprint density at radius 2 is 2.04 bits per heavy atom. The van der Waals surface area contributed by atoms with Gasteiger partial charge in [-0.25, -0.2) is 4.68 Å². The molecule has 0 unspecified atom stereocenters. The number of amides is 1. The van der Waals surface area contributed by atoms with Crippen molar-refractivity contribution in [3.05, 3.63) is 70.9 Å². The fourth-order valence-electron chi connectivity index (χ4n) is 3.43. The number of rotatable bonds is 4. The summed E-state index contributed by atoms with van der Waals surface area (Å²) >= 11 is 0. The quantitative estimate of drug-likeness (QED) is 0.739. The second-order valence-electron chi connectivity index (χ2n) is 6.61. The molecule has 1 aliphatic heterocycles. The highest BCUT2D eigenvalue weighted by Gasteiger charge is 2.35. The lowest BCUT2D eigenvalue weighted by atomic mass is 9.95. The normalized spacial score (nSPS) is 16.0. The summed E-state index contributed by atoms with van der Waals surface area (Å²) in [5.41, 5.74) is 4.19. The number of hydrogen-bond donors (Lipinski definition) is 2. The number of fused-ring (bicyclic) bond motifs is 1. The molecule has 0 saturated carbocycles. The lowest BCUT2D eigenvalue weighted by Gasteiger charge is -2.28. The molecule has 0 fully saturated rings.